The minimum atomic E-state index is -2.78. The number of alkyl halides is 2. The third kappa shape index (κ3) is 3.09. The summed E-state index contributed by atoms with van der Waals surface area (Å²) in [6.45, 7) is -0.103. The van der Waals surface area contributed by atoms with Crippen LogP contribution in [-0.4, -0.2) is 29.4 Å². The van der Waals surface area contributed by atoms with Crippen molar-refractivity contribution in [3.63, 3.8) is 0 Å². The summed E-state index contributed by atoms with van der Waals surface area (Å²) >= 11 is 1.51. The topological polar surface area (TPSA) is 54.0 Å². The molecule has 0 spiro atoms. The van der Waals surface area contributed by atoms with E-state index in [2.05, 4.69) is 15.6 Å². The molecule has 1 aromatic rings. The van der Waals surface area contributed by atoms with Crippen LogP contribution in [0.5, 0.6) is 0 Å². The average molecular weight is 287 g/mol. The Morgan fingerprint density at radius 2 is 2.37 bits per heavy atom. The molecule has 0 aromatic carbocycles. The van der Waals surface area contributed by atoms with Gasteiger partial charge in [-0.25, -0.2) is 13.8 Å². The van der Waals surface area contributed by atoms with Crippen LogP contribution < -0.4 is 10.6 Å². The monoisotopic (exact) mass is 287 g/mol. The highest BCUT2D eigenvalue weighted by molar-refractivity contribution is 7.09. The highest BCUT2D eigenvalue weighted by atomic mass is 32.1. The molecule has 1 unspecified atom stereocenters. The SMILES string of the molecule is O=C(NCc1nc(C2CC2)cs1)C1CC(F)(F)CN1. The maximum Gasteiger partial charge on any atom is 0.262 e. The fourth-order valence-corrected chi connectivity index (χ4v) is 2.98. The Kier molecular flexibility index (Phi) is 3.26. The highest BCUT2D eigenvalue weighted by Crippen LogP contribution is 2.40. The van der Waals surface area contributed by atoms with Gasteiger partial charge in [-0.2, -0.15) is 0 Å². The summed E-state index contributed by atoms with van der Waals surface area (Å²) in [7, 11) is 0. The van der Waals surface area contributed by atoms with Crippen molar-refractivity contribution in [3.8, 4) is 0 Å². The van der Waals surface area contributed by atoms with Crippen molar-refractivity contribution >= 4 is 17.2 Å². The largest absolute Gasteiger partial charge is 0.348 e. The fraction of sp³-hybridized carbons (Fsp3) is 0.667. The summed E-state index contributed by atoms with van der Waals surface area (Å²) in [5.41, 5.74) is 1.10. The molecule has 1 aliphatic heterocycles. The lowest BCUT2D eigenvalue weighted by molar-refractivity contribution is -0.123. The predicted molar refractivity (Wildman–Crippen MR) is 67.3 cm³/mol. The molecule has 0 radical (unpaired) electrons. The maximum absolute atomic E-state index is 13.0. The van der Waals surface area contributed by atoms with Crippen LogP contribution in [0.25, 0.3) is 0 Å². The van der Waals surface area contributed by atoms with E-state index < -0.39 is 24.9 Å². The predicted octanol–water partition coefficient (Wildman–Crippen LogP) is 1.63. The van der Waals surface area contributed by atoms with Crippen molar-refractivity contribution in [2.75, 3.05) is 6.54 Å². The lowest BCUT2D eigenvalue weighted by Gasteiger charge is -2.10. The smallest absolute Gasteiger partial charge is 0.262 e. The highest BCUT2D eigenvalue weighted by Gasteiger charge is 2.42. The Balaban J connectivity index is 1.49. The Morgan fingerprint density at radius 1 is 1.58 bits per heavy atom. The third-order valence-corrected chi connectivity index (χ3v) is 4.27. The zero-order chi connectivity index (χ0) is 13.5. The number of carbonyl (C=O) groups is 1. The summed E-state index contributed by atoms with van der Waals surface area (Å²) in [4.78, 5) is 16.2. The van der Waals surface area contributed by atoms with Gasteiger partial charge in [0.2, 0.25) is 5.91 Å². The number of nitrogens with zero attached hydrogens (tertiary/aromatic N) is 1. The number of rotatable bonds is 4. The van der Waals surface area contributed by atoms with Gasteiger partial charge < -0.3 is 5.32 Å². The van der Waals surface area contributed by atoms with Crippen LogP contribution in [0.2, 0.25) is 0 Å². The van der Waals surface area contributed by atoms with E-state index in [1.165, 1.54) is 24.2 Å². The van der Waals surface area contributed by atoms with Gasteiger partial charge in [-0.15, -0.1) is 11.3 Å². The second-order valence-electron chi connectivity index (χ2n) is 5.15. The number of nitrogens with one attached hydrogen (secondary N) is 2. The van der Waals surface area contributed by atoms with Crippen LogP contribution in [0.1, 0.15) is 35.9 Å². The number of hydrogen-bond acceptors (Lipinski definition) is 4. The normalized spacial score (nSPS) is 25.5. The minimum absolute atomic E-state index is 0.319. The molecule has 19 heavy (non-hydrogen) atoms. The van der Waals surface area contributed by atoms with E-state index in [1.807, 2.05) is 5.38 Å². The molecule has 1 saturated heterocycles. The molecule has 1 aliphatic carbocycles. The van der Waals surface area contributed by atoms with Gasteiger partial charge in [-0.1, -0.05) is 0 Å². The zero-order valence-corrected chi connectivity index (χ0v) is 11.1. The van der Waals surface area contributed by atoms with Gasteiger partial charge in [-0.3, -0.25) is 10.1 Å². The number of halogens is 2. The third-order valence-electron chi connectivity index (χ3n) is 3.41. The molecule has 1 amide bonds. The number of thiazole rings is 1. The summed E-state index contributed by atoms with van der Waals surface area (Å²) in [5.74, 6) is -2.56. The molecular formula is C12H15F2N3OS. The van der Waals surface area contributed by atoms with Gasteiger partial charge in [-0.05, 0) is 12.8 Å². The van der Waals surface area contributed by atoms with Gasteiger partial charge in [0, 0.05) is 17.7 Å². The first-order valence-corrected chi connectivity index (χ1v) is 7.25. The molecule has 3 rings (SSSR count). The van der Waals surface area contributed by atoms with Crippen molar-refractivity contribution in [1.29, 1.82) is 0 Å². The van der Waals surface area contributed by atoms with Crippen molar-refractivity contribution in [2.45, 2.75) is 43.7 Å². The van der Waals surface area contributed by atoms with Crippen molar-refractivity contribution < 1.29 is 13.6 Å². The lowest BCUT2D eigenvalue weighted by atomic mass is 10.2. The van der Waals surface area contributed by atoms with E-state index in [0.29, 0.717) is 12.5 Å². The van der Waals surface area contributed by atoms with Crippen molar-refractivity contribution in [2.24, 2.45) is 0 Å². The summed E-state index contributed by atoms with van der Waals surface area (Å²) in [6, 6.07) is -0.794. The Bertz CT molecular complexity index is 487. The van der Waals surface area contributed by atoms with Gasteiger partial charge in [0.05, 0.1) is 24.8 Å². The van der Waals surface area contributed by atoms with E-state index in [9.17, 15) is 13.6 Å². The maximum atomic E-state index is 13.0. The van der Waals surface area contributed by atoms with Gasteiger partial charge >= 0.3 is 0 Å². The van der Waals surface area contributed by atoms with Gasteiger partial charge in [0.15, 0.2) is 0 Å². The molecule has 2 fully saturated rings. The fourth-order valence-electron chi connectivity index (χ4n) is 2.16. The van der Waals surface area contributed by atoms with Crippen LogP contribution >= 0.6 is 11.3 Å². The van der Waals surface area contributed by atoms with Crippen LogP contribution in [0.3, 0.4) is 0 Å². The van der Waals surface area contributed by atoms with E-state index in [1.54, 1.807) is 0 Å². The van der Waals surface area contributed by atoms with Crippen molar-refractivity contribution in [3.05, 3.63) is 16.1 Å². The van der Waals surface area contributed by atoms with Gasteiger partial charge in [0.25, 0.3) is 5.92 Å². The second kappa shape index (κ2) is 4.79. The summed E-state index contributed by atoms with van der Waals surface area (Å²) in [5, 5.41) is 8.05. The molecule has 104 valence electrons. The second-order valence-corrected chi connectivity index (χ2v) is 6.09. The van der Waals surface area contributed by atoms with Crippen LogP contribution in [0.4, 0.5) is 8.78 Å². The molecule has 4 nitrogen and oxygen atoms in total. The average Bonchev–Trinajstić information content (AvgIpc) is 2.99. The molecule has 1 saturated carbocycles. The first-order chi connectivity index (χ1) is 9.03. The summed E-state index contributed by atoms with van der Waals surface area (Å²) < 4.78 is 25.9. The Morgan fingerprint density at radius 3 is 3.00 bits per heavy atom. The molecule has 7 heteroatoms. The number of hydrogen-bond donors (Lipinski definition) is 2. The van der Waals surface area contributed by atoms with E-state index >= 15 is 0 Å². The molecule has 2 aliphatic rings. The van der Waals surface area contributed by atoms with Crippen LogP contribution in [0.15, 0.2) is 5.38 Å². The first-order valence-electron chi connectivity index (χ1n) is 6.37. The van der Waals surface area contributed by atoms with E-state index in [0.717, 1.165) is 10.7 Å². The number of amides is 1. The molecule has 2 heterocycles. The minimum Gasteiger partial charge on any atom is -0.348 e. The molecule has 0 bridgehead atoms. The van der Waals surface area contributed by atoms with E-state index in [4.69, 9.17) is 0 Å². The number of carbonyl (C=O) groups excluding carboxylic acids is 1. The van der Waals surface area contributed by atoms with E-state index in [-0.39, 0.29) is 5.91 Å². The van der Waals surface area contributed by atoms with Gasteiger partial charge in [0.1, 0.15) is 5.01 Å². The quantitative estimate of drug-likeness (QED) is 0.885. The van der Waals surface area contributed by atoms with Crippen LogP contribution in [0, 0.1) is 0 Å². The Labute approximate surface area is 113 Å². The molecule has 1 aromatic heterocycles. The molecular weight excluding hydrogens is 272 g/mol. The van der Waals surface area contributed by atoms with Crippen LogP contribution in [-0.2, 0) is 11.3 Å². The number of aromatic nitrogens is 1. The van der Waals surface area contributed by atoms with Crippen molar-refractivity contribution in [1.82, 2.24) is 15.6 Å². The standard InChI is InChI=1S/C12H15F2N3OS/c13-12(14)3-8(16-6-12)11(18)15-4-10-17-9(5-19-10)7-1-2-7/h5,7-8,16H,1-4,6H2,(H,15,18). The summed E-state index contributed by atoms with van der Waals surface area (Å²) in [6.07, 6.45) is 1.96. The molecule has 2 N–H and O–H groups in total. The zero-order valence-electron chi connectivity index (χ0n) is 10.3. The first kappa shape index (κ1) is 12.9. The Hall–Kier alpha value is -1.08. The lowest BCUT2D eigenvalue weighted by Crippen LogP contribution is -2.40. The molecule has 1 atom stereocenters.